The van der Waals surface area contributed by atoms with Gasteiger partial charge in [-0.2, -0.15) is 5.10 Å². The zero-order chi connectivity index (χ0) is 15.6. The van der Waals surface area contributed by atoms with Gasteiger partial charge in [0.25, 0.3) is 0 Å². The van der Waals surface area contributed by atoms with Gasteiger partial charge in [-0.15, -0.1) is 0 Å². The van der Waals surface area contributed by atoms with Crippen molar-refractivity contribution >= 4 is 22.5 Å². The molecular formula is C15H15N5O3. The van der Waals surface area contributed by atoms with Crippen LogP contribution in [0.15, 0.2) is 30.7 Å². The standard InChI is InChI=1S/C15H15N5O3/c21-4-3-20-15-11(8-18-20)14(16-9-17-15)19-10-1-2-12-13(7-10)23-6-5-22-12/h1-2,7-9,21H,3-6H2,(H,16,17,19). The van der Waals surface area contributed by atoms with E-state index in [4.69, 9.17) is 14.6 Å². The van der Waals surface area contributed by atoms with Crippen LogP contribution in [0.3, 0.4) is 0 Å². The quantitative estimate of drug-likeness (QED) is 0.750. The van der Waals surface area contributed by atoms with Gasteiger partial charge in [-0.25, -0.2) is 14.6 Å². The second-order valence-corrected chi connectivity index (χ2v) is 5.03. The highest BCUT2D eigenvalue weighted by atomic mass is 16.6. The van der Waals surface area contributed by atoms with Crippen LogP contribution in [0, 0.1) is 0 Å². The van der Waals surface area contributed by atoms with Crippen LogP contribution in [0.4, 0.5) is 11.5 Å². The number of hydrogen-bond acceptors (Lipinski definition) is 7. The average Bonchev–Trinajstić information content (AvgIpc) is 2.99. The van der Waals surface area contributed by atoms with Crippen molar-refractivity contribution < 1.29 is 14.6 Å². The molecule has 0 bridgehead atoms. The fraction of sp³-hybridized carbons (Fsp3) is 0.267. The fourth-order valence-corrected chi connectivity index (χ4v) is 2.51. The molecule has 8 heteroatoms. The van der Waals surface area contributed by atoms with E-state index in [1.807, 2.05) is 18.2 Å². The number of aliphatic hydroxyl groups excluding tert-OH is 1. The molecule has 2 aromatic heterocycles. The van der Waals surface area contributed by atoms with E-state index in [1.165, 1.54) is 6.33 Å². The number of fused-ring (bicyclic) bond motifs is 2. The molecular weight excluding hydrogens is 298 g/mol. The van der Waals surface area contributed by atoms with Crippen LogP contribution in [0.1, 0.15) is 0 Å². The van der Waals surface area contributed by atoms with Gasteiger partial charge in [-0.3, -0.25) is 0 Å². The Hall–Kier alpha value is -2.87. The number of nitrogens with one attached hydrogen (secondary N) is 1. The smallest absolute Gasteiger partial charge is 0.163 e. The molecule has 4 rings (SSSR count). The highest BCUT2D eigenvalue weighted by Crippen LogP contribution is 2.34. The summed E-state index contributed by atoms with van der Waals surface area (Å²) in [5.74, 6) is 2.10. The number of ether oxygens (including phenoxy) is 2. The maximum Gasteiger partial charge on any atom is 0.163 e. The number of nitrogens with zero attached hydrogens (tertiary/aromatic N) is 4. The molecule has 0 amide bonds. The van der Waals surface area contributed by atoms with Gasteiger partial charge in [0, 0.05) is 11.8 Å². The molecule has 0 spiro atoms. The lowest BCUT2D eigenvalue weighted by atomic mass is 10.2. The van der Waals surface area contributed by atoms with E-state index in [0.29, 0.717) is 37.0 Å². The number of aromatic nitrogens is 4. The van der Waals surface area contributed by atoms with E-state index < -0.39 is 0 Å². The van der Waals surface area contributed by atoms with Crippen molar-refractivity contribution in [3.8, 4) is 11.5 Å². The minimum atomic E-state index is 0.00566. The molecule has 2 N–H and O–H groups in total. The van der Waals surface area contributed by atoms with Crippen molar-refractivity contribution in [3.63, 3.8) is 0 Å². The van der Waals surface area contributed by atoms with E-state index in [1.54, 1.807) is 10.9 Å². The summed E-state index contributed by atoms with van der Waals surface area (Å²) >= 11 is 0. The van der Waals surface area contributed by atoms with Crippen molar-refractivity contribution in [1.29, 1.82) is 0 Å². The molecule has 8 nitrogen and oxygen atoms in total. The van der Waals surface area contributed by atoms with Gasteiger partial charge >= 0.3 is 0 Å². The lowest BCUT2D eigenvalue weighted by molar-refractivity contribution is 0.171. The second kappa shape index (κ2) is 5.73. The van der Waals surface area contributed by atoms with Crippen LogP contribution in [-0.2, 0) is 6.54 Å². The molecule has 0 aliphatic carbocycles. The molecule has 0 saturated carbocycles. The first-order valence-electron chi connectivity index (χ1n) is 7.29. The summed E-state index contributed by atoms with van der Waals surface area (Å²) in [4.78, 5) is 8.50. The van der Waals surface area contributed by atoms with Crippen molar-refractivity contribution in [1.82, 2.24) is 19.7 Å². The number of benzene rings is 1. The molecule has 3 aromatic rings. The van der Waals surface area contributed by atoms with Crippen molar-refractivity contribution in [2.75, 3.05) is 25.1 Å². The van der Waals surface area contributed by atoms with Crippen molar-refractivity contribution in [2.24, 2.45) is 0 Å². The Bertz CT molecular complexity index is 848. The molecule has 0 saturated heterocycles. The minimum absolute atomic E-state index is 0.00566. The number of anilines is 2. The summed E-state index contributed by atoms with van der Waals surface area (Å²) in [5.41, 5.74) is 1.51. The van der Waals surface area contributed by atoms with Crippen LogP contribution >= 0.6 is 0 Å². The summed E-state index contributed by atoms with van der Waals surface area (Å²) in [6.45, 7) is 1.51. The number of rotatable bonds is 4. The molecule has 1 aliphatic heterocycles. The van der Waals surface area contributed by atoms with Crippen molar-refractivity contribution in [2.45, 2.75) is 6.54 Å². The molecule has 0 radical (unpaired) electrons. The van der Waals surface area contributed by atoms with E-state index in [9.17, 15) is 0 Å². The van der Waals surface area contributed by atoms with Crippen molar-refractivity contribution in [3.05, 3.63) is 30.7 Å². The highest BCUT2D eigenvalue weighted by Gasteiger charge is 2.14. The summed E-state index contributed by atoms with van der Waals surface area (Å²) in [6, 6.07) is 5.64. The lowest BCUT2D eigenvalue weighted by Crippen LogP contribution is -2.15. The molecule has 23 heavy (non-hydrogen) atoms. The maximum absolute atomic E-state index is 9.07. The Morgan fingerprint density at radius 3 is 2.91 bits per heavy atom. The first-order valence-corrected chi connectivity index (χ1v) is 7.29. The summed E-state index contributed by atoms with van der Waals surface area (Å²) < 4.78 is 12.7. The largest absolute Gasteiger partial charge is 0.486 e. The third-order valence-electron chi connectivity index (χ3n) is 3.55. The monoisotopic (exact) mass is 313 g/mol. The summed E-state index contributed by atoms with van der Waals surface area (Å²) in [5, 5.41) is 17.3. The van der Waals surface area contributed by atoms with E-state index >= 15 is 0 Å². The zero-order valence-electron chi connectivity index (χ0n) is 12.3. The normalized spacial score (nSPS) is 13.3. The number of hydrogen-bond donors (Lipinski definition) is 2. The zero-order valence-corrected chi connectivity index (χ0v) is 12.3. The molecule has 3 heterocycles. The van der Waals surface area contributed by atoms with Crippen LogP contribution in [-0.4, -0.2) is 44.7 Å². The third-order valence-corrected chi connectivity index (χ3v) is 3.55. The van der Waals surface area contributed by atoms with Gasteiger partial charge in [-0.1, -0.05) is 0 Å². The van der Waals surface area contributed by atoms with Crippen LogP contribution in [0.25, 0.3) is 11.0 Å². The maximum atomic E-state index is 9.07. The van der Waals surface area contributed by atoms with Crippen LogP contribution in [0.2, 0.25) is 0 Å². The van der Waals surface area contributed by atoms with Crippen LogP contribution in [0.5, 0.6) is 11.5 Å². The predicted octanol–water partition coefficient (Wildman–Crippen LogP) is 1.33. The van der Waals surface area contributed by atoms with Crippen LogP contribution < -0.4 is 14.8 Å². The first-order chi connectivity index (χ1) is 11.3. The molecule has 1 aromatic carbocycles. The highest BCUT2D eigenvalue weighted by molar-refractivity contribution is 5.88. The Balaban J connectivity index is 1.67. The first kappa shape index (κ1) is 13.8. The van der Waals surface area contributed by atoms with E-state index in [-0.39, 0.29) is 6.61 Å². The summed E-state index contributed by atoms with van der Waals surface area (Å²) in [7, 11) is 0. The van der Waals surface area contributed by atoms with Gasteiger partial charge in [0.1, 0.15) is 25.4 Å². The molecule has 0 unspecified atom stereocenters. The van der Waals surface area contributed by atoms with Gasteiger partial charge in [0.2, 0.25) is 0 Å². The lowest BCUT2D eigenvalue weighted by Gasteiger charge is -2.19. The molecule has 1 aliphatic rings. The predicted molar refractivity (Wildman–Crippen MR) is 83.1 cm³/mol. The Kier molecular flexibility index (Phi) is 3.43. The molecule has 0 atom stereocenters. The van der Waals surface area contributed by atoms with Gasteiger partial charge < -0.3 is 19.9 Å². The Morgan fingerprint density at radius 1 is 1.17 bits per heavy atom. The molecule has 0 fully saturated rings. The summed E-state index contributed by atoms with van der Waals surface area (Å²) in [6.07, 6.45) is 3.16. The van der Waals surface area contributed by atoms with E-state index in [0.717, 1.165) is 16.8 Å². The fourth-order valence-electron chi connectivity index (χ4n) is 2.51. The van der Waals surface area contributed by atoms with Gasteiger partial charge in [-0.05, 0) is 12.1 Å². The Morgan fingerprint density at radius 2 is 2.04 bits per heavy atom. The second-order valence-electron chi connectivity index (χ2n) is 5.03. The minimum Gasteiger partial charge on any atom is -0.486 e. The topological polar surface area (TPSA) is 94.3 Å². The number of aliphatic hydroxyl groups is 1. The van der Waals surface area contributed by atoms with Gasteiger partial charge in [0.05, 0.1) is 24.7 Å². The van der Waals surface area contributed by atoms with E-state index in [2.05, 4.69) is 20.4 Å². The molecule has 118 valence electrons. The third kappa shape index (κ3) is 2.53. The SMILES string of the molecule is OCCn1ncc2c(Nc3ccc4c(c3)OCCO4)ncnc21. The van der Waals surface area contributed by atoms with Gasteiger partial charge in [0.15, 0.2) is 17.1 Å². The Labute approximate surface area is 131 Å². The average molecular weight is 313 g/mol.